The fraction of sp³-hybridized carbons (Fsp3) is 0.480. The molecule has 182 valence electrons. The first-order valence-electron chi connectivity index (χ1n) is 11.7. The molecule has 3 heterocycles. The van der Waals surface area contributed by atoms with E-state index in [2.05, 4.69) is 61.6 Å². The smallest absolute Gasteiger partial charge is 0.258 e. The SMILES string of the molecule is CC(C)N1CCC(CNCc2nccc3c(=O)[nH]c(COc4ccc(F)c(CI)c4)nc23)CC1. The molecule has 1 aliphatic heterocycles. The van der Waals surface area contributed by atoms with E-state index in [1.807, 2.05) is 0 Å². The summed E-state index contributed by atoms with van der Waals surface area (Å²) in [4.78, 5) is 27.1. The molecule has 3 aromatic rings. The van der Waals surface area contributed by atoms with Gasteiger partial charge in [0.2, 0.25) is 0 Å². The maximum absolute atomic E-state index is 13.7. The summed E-state index contributed by atoms with van der Waals surface area (Å²) in [7, 11) is 0. The van der Waals surface area contributed by atoms with E-state index >= 15 is 0 Å². The van der Waals surface area contributed by atoms with Crippen molar-refractivity contribution in [3.63, 3.8) is 0 Å². The summed E-state index contributed by atoms with van der Waals surface area (Å²) in [5.74, 6) is 1.33. The van der Waals surface area contributed by atoms with E-state index in [0.29, 0.717) is 51.0 Å². The van der Waals surface area contributed by atoms with Crippen molar-refractivity contribution in [3.8, 4) is 5.75 Å². The van der Waals surface area contributed by atoms with Crippen molar-refractivity contribution >= 4 is 33.5 Å². The molecule has 0 unspecified atom stereocenters. The Labute approximate surface area is 212 Å². The number of H-pyrrole nitrogens is 1. The zero-order valence-corrected chi connectivity index (χ0v) is 21.8. The van der Waals surface area contributed by atoms with Crippen LogP contribution in [0.4, 0.5) is 4.39 Å². The molecule has 1 aliphatic rings. The number of hydrogen-bond acceptors (Lipinski definition) is 6. The van der Waals surface area contributed by atoms with Crippen molar-refractivity contribution in [2.75, 3.05) is 19.6 Å². The van der Waals surface area contributed by atoms with Gasteiger partial charge in [0.05, 0.1) is 11.1 Å². The Kier molecular flexibility index (Phi) is 8.49. The lowest BCUT2D eigenvalue weighted by atomic mass is 9.96. The average Bonchev–Trinajstić information content (AvgIpc) is 2.84. The summed E-state index contributed by atoms with van der Waals surface area (Å²) in [5.41, 5.74) is 1.68. The third-order valence-electron chi connectivity index (χ3n) is 6.39. The van der Waals surface area contributed by atoms with Crippen molar-refractivity contribution in [2.45, 2.75) is 50.3 Å². The normalized spacial score (nSPS) is 15.3. The molecule has 2 aromatic heterocycles. The van der Waals surface area contributed by atoms with Crippen LogP contribution >= 0.6 is 22.6 Å². The van der Waals surface area contributed by atoms with Crippen molar-refractivity contribution in [2.24, 2.45) is 5.92 Å². The third-order valence-corrected chi connectivity index (χ3v) is 7.21. The minimum atomic E-state index is -0.257. The molecule has 1 saturated heterocycles. The maximum atomic E-state index is 13.7. The van der Waals surface area contributed by atoms with Gasteiger partial charge in [-0.1, -0.05) is 22.6 Å². The minimum absolute atomic E-state index is 0.0771. The summed E-state index contributed by atoms with van der Waals surface area (Å²) in [6.07, 6.45) is 4.03. The Bertz CT molecular complexity index is 1180. The molecular weight excluding hydrogens is 548 g/mol. The predicted molar refractivity (Wildman–Crippen MR) is 140 cm³/mol. The molecule has 0 spiro atoms. The highest BCUT2D eigenvalue weighted by Gasteiger charge is 2.20. The van der Waals surface area contributed by atoms with Gasteiger partial charge in [-0.05, 0) is 76.5 Å². The molecule has 0 saturated carbocycles. The number of halogens is 2. The van der Waals surface area contributed by atoms with Crippen molar-refractivity contribution in [3.05, 3.63) is 63.7 Å². The molecule has 0 atom stereocenters. The van der Waals surface area contributed by atoms with Gasteiger partial charge in [0.15, 0.2) is 0 Å². The average molecular weight is 579 g/mol. The van der Waals surface area contributed by atoms with Crippen LogP contribution in [0.2, 0.25) is 0 Å². The van der Waals surface area contributed by atoms with Gasteiger partial charge in [-0.15, -0.1) is 0 Å². The lowest BCUT2D eigenvalue weighted by Crippen LogP contribution is -2.40. The summed E-state index contributed by atoms with van der Waals surface area (Å²) in [5, 5.41) is 4.03. The molecule has 1 aromatic carbocycles. The summed E-state index contributed by atoms with van der Waals surface area (Å²) in [6.45, 7) is 8.34. The number of fused-ring (bicyclic) bond motifs is 1. The molecule has 4 rings (SSSR count). The number of hydrogen-bond donors (Lipinski definition) is 2. The van der Waals surface area contributed by atoms with Crippen LogP contribution in [-0.4, -0.2) is 45.5 Å². The molecule has 9 heteroatoms. The van der Waals surface area contributed by atoms with Gasteiger partial charge in [-0.25, -0.2) is 9.37 Å². The quantitative estimate of drug-likeness (QED) is 0.293. The predicted octanol–water partition coefficient (Wildman–Crippen LogP) is 4.18. The number of likely N-dealkylation sites (tertiary alicyclic amines) is 1. The minimum Gasteiger partial charge on any atom is -0.486 e. The van der Waals surface area contributed by atoms with E-state index in [0.717, 1.165) is 25.3 Å². The number of aromatic nitrogens is 3. The number of alkyl halides is 1. The van der Waals surface area contributed by atoms with Gasteiger partial charge in [0.1, 0.15) is 29.5 Å². The third kappa shape index (κ3) is 6.11. The van der Waals surface area contributed by atoms with Crippen LogP contribution in [0.1, 0.15) is 43.8 Å². The van der Waals surface area contributed by atoms with Crippen LogP contribution in [0.3, 0.4) is 0 Å². The lowest BCUT2D eigenvalue weighted by Gasteiger charge is -2.34. The molecule has 0 aliphatic carbocycles. The maximum Gasteiger partial charge on any atom is 0.258 e. The molecule has 1 fully saturated rings. The monoisotopic (exact) mass is 579 g/mol. The number of aromatic amines is 1. The molecule has 0 bridgehead atoms. The first kappa shape index (κ1) is 25.0. The van der Waals surface area contributed by atoms with E-state index in [1.54, 1.807) is 24.4 Å². The summed E-state index contributed by atoms with van der Waals surface area (Å²) >= 11 is 2.11. The largest absolute Gasteiger partial charge is 0.486 e. The molecule has 34 heavy (non-hydrogen) atoms. The topological polar surface area (TPSA) is 83.1 Å². The highest BCUT2D eigenvalue weighted by molar-refractivity contribution is 14.1. The number of pyridine rings is 1. The first-order valence-corrected chi connectivity index (χ1v) is 13.3. The van der Waals surface area contributed by atoms with E-state index < -0.39 is 0 Å². The van der Waals surface area contributed by atoms with Gasteiger partial charge in [0, 0.05) is 28.8 Å². The molecule has 0 radical (unpaired) electrons. The number of benzene rings is 1. The van der Waals surface area contributed by atoms with Gasteiger partial charge < -0.3 is 19.9 Å². The zero-order valence-electron chi connectivity index (χ0n) is 19.6. The highest BCUT2D eigenvalue weighted by Crippen LogP contribution is 2.21. The number of piperidine rings is 1. The Morgan fingerprint density at radius 3 is 2.82 bits per heavy atom. The fourth-order valence-corrected chi connectivity index (χ4v) is 4.91. The number of nitrogens with one attached hydrogen (secondary N) is 2. The van der Waals surface area contributed by atoms with Crippen LogP contribution < -0.4 is 15.6 Å². The van der Waals surface area contributed by atoms with Gasteiger partial charge in [-0.2, -0.15) is 0 Å². The Morgan fingerprint density at radius 1 is 1.29 bits per heavy atom. The van der Waals surface area contributed by atoms with E-state index in [-0.39, 0.29) is 18.0 Å². The van der Waals surface area contributed by atoms with Crippen molar-refractivity contribution in [1.82, 2.24) is 25.2 Å². The number of nitrogens with zero attached hydrogens (tertiary/aromatic N) is 3. The number of ether oxygens (including phenoxy) is 1. The van der Waals surface area contributed by atoms with Gasteiger partial charge >= 0.3 is 0 Å². The number of rotatable bonds is 9. The van der Waals surface area contributed by atoms with Crippen LogP contribution in [0, 0.1) is 11.7 Å². The zero-order chi connectivity index (χ0) is 24.1. The molecular formula is C25H31FIN5O2. The Morgan fingerprint density at radius 2 is 2.09 bits per heavy atom. The Balaban J connectivity index is 1.42. The standard InChI is InChI=1S/C25H31FIN5O2/c1-16(2)32-9-6-17(7-10-32)13-28-14-22-24-20(5-8-29-22)25(33)31-23(30-24)15-34-19-3-4-21(26)18(11-19)12-27/h3-5,8,11,16-17,28H,6-7,9-10,12-15H2,1-2H3,(H,30,31,33). The molecule has 0 amide bonds. The Hall–Kier alpha value is -2.11. The van der Waals surface area contributed by atoms with Crippen LogP contribution in [0.25, 0.3) is 10.9 Å². The van der Waals surface area contributed by atoms with Crippen LogP contribution in [0.5, 0.6) is 5.75 Å². The van der Waals surface area contributed by atoms with Crippen molar-refractivity contribution in [1.29, 1.82) is 0 Å². The lowest BCUT2D eigenvalue weighted by molar-refractivity contribution is 0.148. The second-order valence-corrected chi connectivity index (χ2v) is 9.81. The summed E-state index contributed by atoms with van der Waals surface area (Å²) < 4.78 is 20.1. The highest BCUT2D eigenvalue weighted by atomic mass is 127. The van der Waals surface area contributed by atoms with Crippen molar-refractivity contribution < 1.29 is 9.13 Å². The van der Waals surface area contributed by atoms with Gasteiger partial charge in [-0.3, -0.25) is 9.78 Å². The second-order valence-electron chi connectivity index (χ2n) is 9.05. The second kappa shape index (κ2) is 11.5. The molecule has 2 N–H and O–H groups in total. The first-order chi connectivity index (χ1) is 16.4. The van der Waals surface area contributed by atoms with Gasteiger partial charge in [0.25, 0.3) is 5.56 Å². The molecule has 7 nitrogen and oxygen atoms in total. The van der Waals surface area contributed by atoms with E-state index in [4.69, 9.17) is 4.74 Å². The van der Waals surface area contributed by atoms with E-state index in [1.165, 1.54) is 18.9 Å². The van der Waals surface area contributed by atoms with Crippen LogP contribution in [-0.2, 0) is 17.6 Å². The summed E-state index contributed by atoms with van der Waals surface area (Å²) in [6, 6.07) is 6.92. The van der Waals surface area contributed by atoms with E-state index in [9.17, 15) is 9.18 Å². The van der Waals surface area contributed by atoms with Crippen LogP contribution in [0.15, 0.2) is 35.3 Å². The fourth-order valence-electron chi connectivity index (χ4n) is 4.33.